The number of likely N-dealkylation sites (tertiary alicyclic amines) is 1. The van der Waals surface area contributed by atoms with Crippen molar-refractivity contribution in [3.63, 3.8) is 0 Å². The average molecular weight is 367 g/mol. The molecule has 0 radical (unpaired) electrons. The third-order valence-electron chi connectivity index (χ3n) is 6.41. The van der Waals surface area contributed by atoms with E-state index in [2.05, 4.69) is 26.0 Å². The highest BCUT2D eigenvalue weighted by Crippen LogP contribution is 2.37. The van der Waals surface area contributed by atoms with Gasteiger partial charge < -0.3 is 4.98 Å². The zero-order valence-electron chi connectivity index (χ0n) is 15.7. The summed E-state index contributed by atoms with van der Waals surface area (Å²) in [6.07, 6.45) is 12.7. The maximum absolute atomic E-state index is 13.5. The molecular formula is C21H26FN5. The van der Waals surface area contributed by atoms with E-state index in [1.807, 2.05) is 36.5 Å². The number of aromatic nitrogens is 4. The number of hydrogen-bond donors (Lipinski definition) is 1. The van der Waals surface area contributed by atoms with Gasteiger partial charge in [-0.15, -0.1) is 0 Å². The van der Waals surface area contributed by atoms with Crippen molar-refractivity contribution in [3.05, 3.63) is 36.4 Å². The number of pyridine rings is 1. The molecule has 1 aliphatic carbocycles. The lowest BCUT2D eigenvalue weighted by Gasteiger charge is -2.34. The SMILES string of the molecule is Cn1cc(-c2c[nH]c3ncc(C4CCC(N5CC[C@@H](F)C5)CC4)cc23)cn1. The third-order valence-corrected chi connectivity index (χ3v) is 6.41. The summed E-state index contributed by atoms with van der Waals surface area (Å²) in [7, 11) is 1.94. The van der Waals surface area contributed by atoms with Gasteiger partial charge in [0.25, 0.3) is 0 Å². The number of nitrogens with one attached hydrogen (secondary N) is 1. The summed E-state index contributed by atoms with van der Waals surface area (Å²) >= 11 is 0. The topological polar surface area (TPSA) is 49.7 Å². The fraction of sp³-hybridized carbons (Fsp3) is 0.524. The quantitative estimate of drug-likeness (QED) is 0.760. The van der Waals surface area contributed by atoms with Crippen LogP contribution in [0.3, 0.4) is 0 Å². The molecule has 1 saturated carbocycles. The molecule has 2 fully saturated rings. The second kappa shape index (κ2) is 6.75. The van der Waals surface area contributed by atoms with Gasteiger partial charge in [-0.05, 0) is 49.7 Å². The first-order valence-electron chi connectivity index (χ1n) is 10.0. The number of aromatic amines is 1. The Morgan fingerprint density at radius 2 is 2.00 bits per heavy atom. The van der Waals surface area contributed by atoms with Gasteiger partial charge in [0.15, 0.2) is 0 Å². The Morgan fingerprint density at radius 1 is 1.15 bits per heavy atom. The summed E-state index contributed by atoms with van der Waals surface area (Å²) in [5, 5.41) is 5.46. The summed E-state index contributed by atoms with van der Waals surface area (Å²) in [5.74, 6) is 0.554. The molecule has 5 nitrogen and oxygen atoms in total. The van der Waals surface area contributed by atoms with E-state index < -0.39 is 6.17 Å². The first kappa shape index (κ1) is 16.9. The summed E-state index contributed by atoms with van der Waals surface area (Å²) in [4.78, 5) is 10.3. The summed E-state index contributed by atoms with van der Waals surface area (Å²) in [5.41, 5.74) is 4.53. The zero-order valence-corrected chi connectivity index (χ0v) is 15.7. The first-order valence-corrected chi connectivity index (χ1v) is 10.0. The van der Waals surface area contributed by atoms with E-state index in [-0.39, 0.29) is 0 Å². The molecule has 6 heteroatoms. The molecule has 0 spiro atoms. The Kier molecular flexibility index (Phi) is 4.23. The Bertz CT molecular complexity index is 937. The molecule has 0 bridgehead atoms. The van der Waals surface area contributed by atoms with Crippen molar-refractivity contribution in [2.45, 2.75) is 50.2 Å². The highest BCUT2D eigenvalue weighted by atomic mass is 19.1. The minimum atomic E-state index is -0.617. The lowest BCUT2D eigenvalue weighted by molar-refractivity contribution is 0.170. The fourth-order valence-electron chi connectivity index (χ4n) is 4.89. The van der Waals surface area contributed by atoms with Crippen molar-refractivity contribution < 1.29 is 4.39 Å². The Balaban J connectivity index is 1.35. The van der Waals surface area contributed by atoms with Crippen LogP contribution in [0.1, 0.15) is 43.6 Å². The molecule has 4 heterocycles. The summed E-state index contributed by atoms with van der Waals surface area (Å²) in [6.45, 7) is 1.57. The number of rotatable bonds is 3. The number of aryl methyl sites for hydroxylation is 1. The number of hydrogen-bond acceptors (Lipinski definition) is 3. The van der Waals surface area contributed by atoms with Crippen LogP contribution in [0.4, 0.5) is 4.39 Å². The molecule has 0 amide bonds. The lowest BCUT2D eigenvalue weighted by Crippen LogP contribution is -2.36. The largest absolute Gasteiger partial charge is 0.346 e. The first-order chi connectivity index (χ1) is 13.2. The van der Waals surface area contributed by atoms with E-state index in [0.29, 0.717) is 24.9 Å². The highest BCUT2D eigenvalue weighted by Gasteiger charge is 2.31. The smallest absolute Gasteiger partial charge is 0.137 e. The van der Waals surface area contributed by atoms with Gasteiger partial charge in [0, 0.05) is 61.3 Å². The third kappa shape index (κ3) is 3.16. The van der Waals surface area contributed by atoms with Gasteiger partial charge >= 0.3 is 0 Å². The fourth-order valence-corrected chi connectivity index (χ4v) is 4.89. The van der Waals surface area contributed by atoms with Crippen molar-refractivity contribution in [2.75, 3.05) is 13.1 Å². The van der Waals surface area contributed by atoms with E-state index >= 15 is 0 Å². The predicted molar refractivity (Wildman–Crippen MR) is 104 cm³/mol. The van der Waals surface area contributed by atoms with Crippen molar-refractivity contribution in [1.29, 1.82) is 0 Å². The van der Waals surface area contributed by atoms with E-state index in [1.165, 1.54) is 10.9 Å². The minimum Gasteiger partial charge on any atom is -0.346 e. The standard InChI is InChI=1S/C21H26FN5/c1-26-12-16(10-25-26)20-11-24-21-19(20)8-15(9-23-21)14-2-4-18(5-3-14)27-7-6-17(22)13-27/h8-12,14,17-18H,2-7,13H2,1H3,(H,23,24)/t14?,17-,18?/m1/s1. The van der Waals surface area contributed by atoms with Gasteiger partial charge in [-0.2, -0.15) is 5.10 Å². The van der Waals surface area contributed by atoms with Crippen LogP contribution in [-0.4, -0.2) is 50.0 Å². The molecular weight excluding hydrogens is 341 g/mol. The van der Waals surface area contributed by atoms with Gasteiger partial charge in [0.1, 0.15) is 11.8 Å². The van der Waals surface area contributed by atoms with Gasteiger partial charge in [0.2, 0.25) is 0 Å². The van der Waals surface area contributed by atoms with Gasteiger partial charge in [-0.25, -0.2) is 9.37 Å². The molecule has 2 aliphatic rings. The van der Waals surface area contributed by atoms with E-state index in [0.717, 1.165) is 49.0 Å². The van der Waals surface area contributed by atoms with Crippen molar-refractivity contribution in [1.82, 2.24) is 24.6 Å². The molecule has 3 aromatic rings. The molecule has 0 unspecified atom stereocenters. The summed E-state index contributed by atoms with van der Waals surface area (Å²) < 4.78 is 15.3. The number of alkyl halides is 1. The van der Waals surface area contributed by atoms with E-state index in [1.54, 1.807) is 0 Å². The second-order valence-corrected chi connectivity index (χ2v) is 8.16. The number of H-pyrrole nitrogens is 1. The molecule has 27 heavy (non-hydrogen) atoms. The van der Waals surface area contributed by atoms with Gasteiger partial charge in [0.05, 0.1) is 6.20 Å². The minimum absolute atomic E-state index is 0.554. The Morgan fingerprint density at radius 3 is 2.70 bits per heavy atom. The van der Waals surface area contributed by atoms with Crippen molar-refractivity contribution in [3.8, 4) is 11.1 Å². The summed E-state index contributed by atoms with van der Waals surface area (Å²) in [6, 6.07) is 2.87. The maximum atomic E-state index is 13.5. The number of nitrogens with zero attached hydrogens (tertiary/aromatic N) is 4. The van der Waals surface area contributed by atoms with E-state index in [9.17, 15) is 4.39 Å². The van der Waals surface area contributed by atoms with Gasteiger partial charge in [-0.1, -0.05) is 0 Å². The van der Waals surface area contributed by atoms with Crippen LogP contribution in [0.25, 0.3) is 22.2 Å². The molecule has 1 atom stereocenters. The van der Waals surface area contributed by atoms with Crippen LogP contribution in [-0.2, 0) is 7.05 Å². The lowest BCUT2D eigenvalue weighted by atomic mass is 9.81. The molecule has 0 aromatic carbocycles. The zero-order chi connectivity index (χ0) is 18.4. The van der Waals surface area contributed by atoms with Crippen LogP contribution < -0.4 is 0 Å². The van der Waals surface area contributed by atoms with Crippen LogP contribution >= 0.6 is 0 Å². The molecule has 1 saturated heterocycles. The second-order valence-electron chi connectivity index (χ2n) is 8.16. The Hall–Kier alpha value is -2.21. The van der Waals surface area contributed by atoms with Crippen LogP contribution in [0.2, 0.25) is 0 Å². The monoisotopic (exact) mass is 367 g/mol. The molecule has 1 aliphatic heterocycles. The molecule has 5 rings (SSSR count). The normalized spacial score (nSPS) is 26.8. The number of fused-ring (bicyclic) bond motifs is 1. The molecule has 3 aromatic heterocycles. The van der Waals surface area contributed by atoms with Crippen LogP contribution in [0, 0.1) is 0 Å². The van der Waals surface area contributed by atoms with Gasteiger partial charge in [-0.3, -0.25) is 9.58 Å². The van der Waals surface area contributed by atoms with Crippen molar-refractivity contribution >= 4 is 11.0 Å². The molecule has 142 valence electrons. The van der Waals surface area contributed by atoms with Crippen LogP contribution in [0.15, 0.2) is 30.9 Å². The maximum Gasteiger partial charge on any atom is 0.137 e. The number of halogens is 1. The average Bonchev–Trinajstić information content (AvgIpc) is 3.41. The van der Waals surface area contributed by atoms with Crippen molar-refractivity contribution in [2.24, 2.45) is 7.05 Å². The Labute approximate surface area is 158 Å². The van der Waals surface area contributed by atoms with E-state index in [4.69, 9.17) is 0 Å². The predicted octanol–water partition coefficient (Wildman–Crippen LogP) is 4.03. The van der Waals surface area contributed by atoms with Crippen LogP contribution in [0.5, 0.6) is 0 Å². The molecule has 1 N–H and O–H groups in total. The highest BCUT2D eigenvalue weighted by molar-refractivity contribution is 5.93.